The molecule has 19 heavy (non-hydrogen) atoms. The number of carbonyl (C=O) groups excluding carboxylic acids is 1. The molecule has 1 aromatic rings. The fraction of sp³-hybridized carbons (Fsp3) is 0.417. The first-order valence-corrected chi connectivity index (χ1v) is 5.43. The fourth-order valence-corrected chi connectivity index (χ4v) is 1.61. The molecule has 0 aromatic heterocycles. The van der Waals surface area contributed by atoms with Gasteiger partial charge in [-0.15, -0.1) is 13.2 Å². The van der Waals surface area contributed by atoms with Crippen LogP contribution in [0.5, 0.6) is 0 Å². The largest absolute Gasteiger partial charge is 0.522 e. The number of methoxy groups -OCH3 is 1. The van der Waals surface area contributed by atoms with E-state index < -0.39 is 24.5 Å². The lowest BCUT2D eigenvalue weighted by Gasteiger charge is -2.27. The summed E-state index contributed by atoms with van der Waals surface area (Å²) < 4.78 is 44.0. The molecule has 0 amide bonds. The van der Waals surface area contributed by atoms with Crippen LogP contribution >= 0.6 is 0 Å². The van der Waals surface area contributed by atoms with Gasteiger partial charge in [-0.25, -0.2) is 4.79 Å². The Morgan fingerprint density at radius 2 is 1.84 bits per heavy atom. The molecule has 106 valence electrons. The van der Waals surface area contributed by atoms with Crippen molar-refractivity contribution < 1.29 is 27.4 Å². The van der Waals surface area contributed by atoms with E-state index in [1.807, 2.05) is 0 Å². The highest BCUT2D eigenvalue weighted by Crippen LogP contribution is 2.25. The van der Waals surface area contributed by atoms with Gasteiger partial charge in [-0.05, 0) is 5.56 Å². The van der Waals surface area contributed by atoms with Crippen LogP contribution in [-0.2, 0) is 19.8 Å². The van der Waals surface area contributed by atoms with Crippen LogP contribution in [0.2, 0.25) is 0 Å². The lowest BCUT2D eigenvalue weighted by molar-refractivity contribution is -0.325. The van der Waals surface area contributed by atoms with Crippen LogP contribution < -0.4 is 5.73 Å². The average molecular weight is 277 g/mol. The molecule has 0 saturated heterocycles. The second kappa shape index (κ2) is 6.03. The van der Waals surface area contributed by atoms with Gasteiger partial charge in [0, 0.05) is 6.42 Å². The Morgan fingerprint density at radius 1 is 1.26 bits per heavy atom. The van der Waals surface area contributed by atoms with Gasteiger partial charge in [0.25, 0.3) is 0 Å². The van der Waals surface area contributed by atoms with Gasteiger partial charge in [-0.1, -0.05) is 30.3 Å². The highest BCUT2D eigenvalue weighted by Gasteiger charge is 2.38. The fourth-order valence-electron chi connectivity index (χ4n) is 1.61. The SMILES string of the molecule is COC(=O)C(N)(CCOC(F)(F)F)c1ccccc1. The molecule has 1 rings (SSSR count). The van der Waals surface area contributed by atoms with Crippen molar-refractivity contribution in [2.24, 2.45) is 5.73 Å². The van der Waals surface area contributed by atoms with E-state index in [0.29, 0.717) is 5.56 Å². The van der Waals surface area contributed by atoms with Crippen LogP contribution in [0.15, 0.2) is 30.3 Å². The van der Waals surface area contributed by atoms with Crippen LogP contribution in [-0.4, -0.2) is 26.0 Å². The summed E-state index contributed by atoms with van der Waals surface area (Å²) in [4.78, 5) is 11.7. The topological polar surface area (TPSA) is 61.5 Å². The molecule has 0 radical (unpaired) electrons. The van der Waals surface area contributed by atoms with Crippen molar-refractivity contribution in [1.82, 2.24) is 0 Å². The number of esters is 1. The number of carbonyl (C=O) groups is 1. The molecule has 7 heteroatoms. The van der Waals surface area contributed by atoms with Crippen molar-refractivity contribution in [2.45, 2.75) is 18.3 Å². The van der Waals surface area contributed by atoms with E-state index >= 15 is 0 Å². The average Bonchev–Trinajstić information content (AvgIpc) is 2.37. The monoisotopic (exact) mass is 277 g/mol. The Labute approximate surface area is 108 Å². The number of alkyl halides is 3. The Kier molecular flexibility index (Phi) is 4.90. The minimum Gasteiger partial charge on any atom is -0.467 e. The van der Waals surface area contributed by atoms with Crippen molar-refractivity contribution in [2.75, 3.05) is 13.7 Å². The second-order valence-corrected chi connectivity index (χ2v) is 3.87. The molecule has 0 bridgehead atoms. The van der Waals surface area contributed by atoms with Crippen molar-refractivity contribution in [1.29, 1.82) is 0 Å². The summed E-state index contributed by atoms with van der Waals surface area (Å²) in [6.07, 6.45) is -5.10. The summed E-state index contributed by atoms with van der Waals surface area (Å²) in [5.41, 5.74) is 4.58. The molecule has 0 aliphatic rings. The zero-order valence-corrected chi connectivity index (χ0v) is 10.2. The minimum absolute atomic E-state index is 0.344. The molecule has 0 aliphatic carbocycles. The Bertz CT molecular complexity index is 422. The molecular weight excluding hydrogens is 263 g/mol. The molecule has 0 aliphatic heterocycles. The quantitative estimate of drug-likeness (QED) is 0.835. The van der Waals surface area contributed by atoms with Crippen molar-refractivity contribution in [3.63, 3.8) is 0 Å². The summed E-state index contributed by atoms with van der Waals surface area (Å²) in [5.74, 6) is -0.815. The van der Waals surface area contributed by atoms with Crippen molar-refractivity contribution in [3.05, 3.63) is 35.9 Å². The molecule has 1 atom stereocenters. The molecule has 0 heterocycles. The molecule has 4 nitrogen and oxygen atoms in total. The van der Waals surface area contributed by atoms with Crippen LogP contribution in [0.25, 0.3) is 0 Å². The third-order valence-electron chi connectivity index (χ3n) is 2.60. The van der Waals surface area contributed by atoms with Gasteiger partial charge in [0.2, 0.25) is 0 Å². The molecule has 0 saturated carbocycles. The van der Waals surface area contributed by atoms with Gasteiger partial charge in [0.05, 0.1) is 13.7 Å². The van der Waals surface area contributed by atoms with Crippen LogP contribution in [0.4, 0.5) is 13.2 Å². The number of benzene rings is 1. The van der Waals surface area contributed by atoms with Crippen molar-refractivity contribution >= 4 is 5.97 Å². The standard InChI is InChI=1S/C12H14F3NO3/c1-18-10(17)11(16,7-8-19-12(13,14)15)9-5-3-2-4-6-9/h2-6H,7-8,16H2,1H3. The van der Waals surface area contributed by atoms with Crippen molar-refractivity contribution in [3.8, 4) is 0 Å². The smallest absolute Gasteiger partial charge is 0.467 e. The first-order valence-electron chi connectivity index (χ1n) is 5.43. The first kappa shape index (κ1) is 15.5. The molecule has 0 spiro atoms. The van der Waals surface area contributed by atoms with Crippen LogP contribution in [0.1, 0.15) is 12.0 Å². The van der Waals surface area contributed by atoms with E-state index in [1.165, 1.54) is 0 Å². The summed E-state index contributed by atoms with van der Waals surface area (Å²) in [5, 5.41) is 0. The third-order valence-corrected chi connectivity index (χ3v) is 2.60. The van der Waals surface area contributed by atoms with Gasteiger partial charge < -0.3 is 10.5 Å². The normalized spacial score (nSPS) is 14.8. The predicted molar refractivity (Wildman–Crippen MR) is 60.9 cm³/mol. The van der Waals surface area contributed by atoms with E-state index in [-0.39, 0.29) is 6.42 Å². The zero-order chi connectivity index (χ0) is 14.5. The van der Waals surface area contributed by atoms with E-state index in [1.54, 1.807) is 30.3 Å². The first-order chi connectivity index (χ1) is 8.79. The Balaban J connectivity index is 2.86. The number of hydrogen-bond acceptors (Lipinski definition) is 4. The lowest BCUT2D eigenvalue weighted by Crippen LogP contribution is -2.47. The van der Waals surface area contributed by atoms with E-state index in [2.05, 4.69) is 9.47 Å². The maximum Gasteiger partial charge on any atom is 0.522 e. The highest BCUT2D eigenvalue weighted by molar-refractivity contribution is 5.82. The minimum atomic E-state index is -4.76. The Morgan fingerprint density at radius 3 is 2.32 bits per heavy atom. The number of nitrogens with two attached hydrogens (primary N) is 1. The van der Waals surface area contributed by atoms with Gasteiger partial charge in [-0.2, -0.15) is 0 Å². The molecular formula is C12H14F3NO3. The number of rotatable bonds is 5. The lowest BCUT2D eigenvalue weighted by atomic mass is 9.88. The molecule has 1 aromatic carbocycles. The maximum atomic E-state index is 11.9. The van der Waals surface area contributed by atoms with Crippen LogP contribution in [0, 0.1) is 0 Å². The zero-order valence-electron chi connectivity index (χ0n) is 10.2. The second-order valence-electron chi connectivity index (χ2n) is 3.87. The molecule has 0 fully saturated rings. The summed E-state index contributed by atoms with van der Waals surface area (Å²) >= 11 is 0. The van der Waals surface area contributed by atoms with Gasteiger partial charge in [-0.3, -0.25) is 4.74 Å². The highest BCUT2D eigenvalue weighted by atomic mass is 19.4. The number of hydrogen-bond donors (Lipinski definition) is 1. The predicted octanol–water partition coefficient (Wildman–Crippen LogP) is 1.94. The maximum absolute atomic E-state index is 11.9. The number of ether oxygens (including phenoxy) is 2. The number of halogens is 3. The molecule has 2 N–H and O–H groups in total. The van der Waals surface area contributed by atoms with E-state index in [4.69, 9.17) is 5.73 Å². The van der Waals surface area contributed by atoms with Gasteiger partial charge in [0.1, 0.15) is 5.54 Å². The Hall–Kier alpha value is -1.60. The van der Waals surface area contributed by atoms with Gasteiger partial charge in [0.15, 0.2) is 0 Å². The molecule has 1 unspecified atom stereocenters. The van der Waals surface area contributed by atoms with Crippen LogP contribution in [0.3, 0.4) is 0 Å². The summed E-state index contributed by atoms with van der Waals surface area (Å²) in [6.45, 7) is -0.732. The summed E-state index contributed by atoms with van der Waals surface area (Å²) in [6, 6.07) is 8.05. The third kappa shape index (κ3) is 4.22. The van der Waals surface area contributed by atoms with Gasteiger partial charge >= 0.3 is 12.3 Å². The van der Waals surface area contributed by atoms with E-state index in [0.717, 1.165) is 7.11 Å². The summed E-state index contributed by atoms with van der Waals surface area (Å²) in [7, 11) is 1.12. The van der Waals surface area contributed by atoms with E-state index in [9.17, 15) is 18.0 Å².